The van der Waals surface area contributed by atoms with Crippen LogP contribution in [0.3, 0.4) is 0 Å². The van der Waals surface area contributed by atoms with Crippen molar-refractivity contribution in [2.24, 2.45) is 5.92 Å². The third-order valence-corrected chi connectivity index (χ3v) is 3.26. The molecule has 136 valence electrons. The molecule has 0 bridgehead atoms. The van der Waals surface area contributed by atoms with Gasteiger partial charge in [0.15, 0.2) is 0 Å². The van der Waals surface area contributed by atoms with Gasteiger partial charge in [-0.2, -0.15) is 0 Å². The number of carbonyl (C=O) groups excluding carboxylic acids is 3. The maximum absolute atomic E-state index is 12.1. The topological polar surface area (TPSA) is 69.7 Å². The second kappa shape index (κ2) is 9.16. The number of rotatable bonds is 7. The lowest BCUT2D eigenvalue weighted by molar-refractivity contribution is -0.161. The van der Waals surface area contributed by atoms with Crippen LogP contribution in [0, 0.1) is 5.92 Å². The molecule has 1 aromatic carbocycles. The number of carbonyl (C=O) groups is 3. The molecule has 0 N–H and O–H groups in total. The van der Waals surface area contributed by atoms with Crippen LogP contribution in [0.1, 0.15) is 57.0 Å². The van der Waals surface area contributed by atoms with Crippen molar-refractivity contribution >= 4 is 23.8 Å². The summed E-state index contributed by atoms with van der Waals surface area (Å²) in [4.78, 5) is 35.6. The highest BCUT2D eigenvalue weighted by Crippen LogP contribution is 2.16. The maximum Gasteiger partial charge on any atom is 0.338 e. The largest absolute Gasteiger partial charge is 0.462 e. The molecule has 0 amide bonds. The van der Waals surface area contributed by atoms with Crippen LogP contribution >= 0.6 is 0 Å². The lowest BCUT2D eigenvalue weighted by Gasteiger charge is -2.22. The number of Topliss-reactive ketones (excluding diaryl/α,β-unsaturated/α-hetero) is 1. The summed E-state index contributed by atoms with van der Waals surface area (Å²) in [6.07, 6.45) is 3.75. The molecule has 0 aliphatic rings. The summed E-state index contributed by atoms with van der Waals surface area (Å²) in [6, 6.07) is 6.96. The van der Waals surface area contributed by atoms with Gasteiger partial charge in [0.2, 0.25) is 0 Å². The van der Waals surface area contributed by atoms with Crippen LogP contribution in [0.5, 0.6) is 0 Å². The normalized spacial score (nSPS) is 12.7. The predicted molar refractivity (Wildman–Crippen MR) is 96.1 cm³/mol. The Morgan fingerprint density at radius 3 is 2.44 bits per heavy atom. The fourth-order valence-corrected chi connectivity index (χ4v) is 2.13. The van der Waals surface area contributed by atoms with Gasteiger partial charge in [0.25, 0.3) is 0 Å². The van der Waals surface area contributed by atoms with E-state index in [2.05, 4.69) is 0 Å². The molecule has 5 heteroatoms. The van der Waals surface area contributed by atoms with E-state index in [0.717, 1.165) is 5.56 Å². The van der Waals surface area contributed by atoms with E-state index >= 15 is 0 Å². The molecule has 0 aliphatic heterocycles. The Balaban J connectivity index is 2.80. The first-order valence-corrected chi connectivity index (χ1v) is 8.31. The van der Waals surface area contributed by atoms with E-state index in [1.165, 1.54) is 6.92 Å². The van der Waals surface area contributed by atoms with Gasteiger partial charge in [-0.1, -0.05) is 24.3 Å². The minimum atomic E-state index is -0.830. The standard InChI is InChI=1S/C20H26O5/c1-6-24-18(22)16-11-7-9-15(13-16)10-8-12-17(14(2)21)19(23)25-20(3,4)5/h7-11,13,17H,6,12H2,1-5H3/b10-8-. The molecule has 1 rings (SSSR count). The minimum Gasteiger partial charge on any atom is -0.462 e. The Morgan fingerprint density at radius 2 is 1.88 bits per heavy atom. The Kier molecular flexibility index (Phi) is 7.55. The fourth-order valence-electron chi connectivity index (χ4n) is 2.13. The molecule has 25 heavy (non-hydrogen) atoms. The van der Waals surface area contributed by atoms with Gasteiger partial charge in [-0.25, -0.2) is 4.79 Å². The highest BCUT2D eigenvalue weighted by Gasteiger charge is 2.27. The molecular weight excluding hydrogens is 320 g/mol. The molecule has 0 saturated carbocycles. The maximum atomic E-state index is 12.1. The van der Waals surface area contributed by atoms with Crippen molar-refractivity contribution in [2.75, 3.05) is 6.61 Å². The van der Waals surface area contributed by atoms with Crippen molar-refractivity contribution in [3.8, 4) is 0 Å². The van der Waals surface area contributed by atoms with E-state index in [-0.39, 0.29) is 18.2 Å². The number of benzene rings is 1. The van der Waals surface area contributed by atoms with Crippen LogP contribution in [0.2, 0.25) is 0 Å². The summed E-state index contributed by atoms with van der Waals surface area (Å²) < 4.78 is 10.3. The van der Waals surface area contributed by atoms with Gasteiger partial charge in [-0.15, -0.1) is 0 Å². The molecule has 1 aromatic rings. The first kappa shape index (κ1) is 20.6. The zero-order valence-corrected chi connectivity index (χ0v) is 15.5. The summed E-state index contributed by atoms with van der Waals surface area (Å²) >= 11 is 0. The van der Waals surface area contributed by atoms with Gasteiger partial charge in [-0.3, -0.25) is 9.59 Å². The van der Waals surface area contributed by atoms with Crippen molar-refractivity contribution in [2.45, 2.75) is 46.6 Å². The van der Waals surface area contributed by atoms with Crippen LogP contribution in [0.4, 0.5) is 0 Å². The Labute approximate surface area is 149 Å². The van der Waals surface area contributed by atoms with Crippen molar-refractivity contribution in [1.82, 2.24) is 0 Å². The van der Waals surface area contributed by atoms with Crippen molar-refractivity contribution < 1.29 is 23.9 Å². The molecule has 0 spiro atoms. The van der Waals surface area contributed by atoms with Crippen LogP contribution in [-0.2, 0) is 19.1 Å². The zero-order chi connectivity index (χ0) is 19.0. The second-order valence-corrected chi connectivity index (χ2v) is 6.68. The van der Waals surface area contributed by atoms with Gasteiger partial charge >= 0.3 is 11.9 Å². The van der Waals surface area contributed by atoms with Gasteiger partial charge < -0.3 is 9.47 Å². The monoisotopic (exact) mass is 346 g/mol. The first-order chi connectivity index (χ1) is 11.6. The van der Waals surface area contributed by atoms with Gasteiger partial charge in [-0.05, 0) is 58.7 Å². The summed E-state index contributed by atoms with van der Waals surface area (Å²) in [5, 5.41) is 0. The van der Waals surface area contributed by atoms with Crippen LogP contribution < -0.4 is 0 Å². The average Bonchev–Trinajstić information content (AvgIpc) is 2.50. The van der Waals surface area contributed by atoms with Gasteiger partial charge in [0.05, 0.1) is 12.2 Å². The Morgan fingerprint density at radius 1 is 1.20 bits per heavy atom. The molecule has 0 heterocycles. The third kappa shape index (κ3) is 7.33. The molecule has 0 radical (unpaired) electrons. The van der Waals surface area contributed by atoms with Crippen LogP contribution in [0.15, 0.2) is 30.3 Å². The predicted octanol–water partition coefficient (Wildman–Crippen LogP) is 3.81. The number of ether oxygens (including phenoxy) is 2. The Hall–Kier alpha value is -2.43. The van der Waals surface area contributed by atoms with Gasteiger partial charge in [0, 0.05) is 0 Å². The molecule has 0 aliphatic carbocycles. The summed E-state index contributed by atoms with van der Waals surface area (Å²) in [7, 11) is 0. The number of hydrogen-bond acceptors (Lipinski definition) is 5. The second-order valence-electron chi connectivity index (χ2n) is 6.68. The number of allylic oxidation sites excluding steroid dienone is 1. The molecule has 0 saturated heterocycles. The molecule has 0 fully saturated rings. The summed E-state index contributed by atoms with van der Waals surface area (Å²) in [6.45, 7) is 8.73. The smallest absolute Gasteiger partial charge is 0.338 e. The van der Waals surface area contributed by atoms with Gasteiger partial charge in [0.1, 0.15) is 17.3 Å². The van der Waals surface area contributed by atoms with E-state index in [1.54, 1.807) is 58.0 Å². The molecular formula is C20H26O5. The quantitative estimate of drug-likeness (QED) is 0.554. The molecule has 1 atom stereocenters. The SMILES string of the molecule is CCOC(=O)c1cccc(/C=C\CC(C(C)=O)C(=O)OC(C)(C)C)c1. The summed E-state index contributed by atoms with van der Waals surface area (Å²) in [5.74, 6) is -1.97. The lowest BCUT2D eigenvalue weighted by Crippen LogP contribution is -2.31. The summed E-state index contributed by atoms with van der Waals surface area (Å²) in [5.41, 5.74) is 0.610. The molecule has 0 aromatic heterocycles. The van der Waals surface area contributed by atoms with E-state index in [0.29, 0.717) is 12.2 Å². The Bertz CT molecular complexity index is 652. The highest BCUT2D eigenvalue weighted by atomic mass is 16.6. The van der Waals surface area contributed by atoms with Crippen LogP contribution in [-0.4, -0.2) is 29.9 Å². The van der Waals surface area contributed by atoms with E-state index in [9.17, 15) is 14.4 Å². The van der Waals surface area contributed by atoms with Crippen molar-refractivity contribution in [3.63, 3.8) is 0 Å². The minimum absolute atomic E-state index is 0.237. The van der Waals surface area contributed by atoms with E-state index < -0.39 is 17.5 Å². The van der Waals surface area contributed by atoms with Crippen LogP contribution in [0.25, 0.3) is 6.08 Å². The van der Waals surface area contributed by atoms with Crippen molar-refractivity contribution in [1.29, 1.82) is 0 Å². The van der Waals surface area contributed by atoms with E-state index in [1.807, 2.05) is 6.07 Å². The highest BCUT2D eigenvalue weighted by molar-refractivity contribution is 5.98. The zero-order valence-electron chi connectivity index (χ0n) is 15.5. The first-order valence-electron chi connectivity index (χ1n) is 8.31. The molecule has 1 unspecified atom stereocenters. The third-order valence-electron chi connectivity index (χ3n) is 3.26. The number of esters is 2. The average molecular weight is 346 g/mol. The lowest BCUT2D eigenvalue weighted by atomic mass is 9.99. The number of hydrogen-bond donors (Lipinski definition) is 0. The molecule has 5 nitrogen and oxygen atoms in total. The fraction of sp³-hybridized carbons (Fsp3) is 0.450. The van der Waals surface area contributed by atoms with Crippen molar-refractivity contribution in [3.05, 3.63) is 41.5 Å². The number of ketones is 1. The van der Waals surface area contributed by atoms with E-state index in [4.69, 9.17) is 9.47 Å².